The molecule has 0 saturated carbocycles. The van der Waals surface area contributed by atoms with E-state index < -0.39 is 0 Å². The Labute approximate surface area is 123 Å². The number of nitrogens with zero attached hydrogens (tertiary/aromatic N) is 1. The first kappa shape index (κ1) is 12.2. The second kappa shape index (κ2) is 3.98. The van der Waals surface area contributed by atoms with E-state index >= 15 is 0 Å². The SMILES string of the molecule is Cc1cc2[nH]c3c4ccccc4[n+](N)c(C)c3c2cc1C. The summed E-state index contributed by atoms with van der Waals surface area (Å²) in [6.45, 7) is 6.38. The van der Waals surface area contributed by atoms with Gasteiger partial charge in [0.1, 0.15) is 0 Å². The number of nitrogens with two attached hydrogens (primary N) is 1. The number of rotatable bonds is 0. The number of para-hydroxylation sites is 1. The minimum absolute atomic E-state index is 1.04. The van der Waals surface area contributed by atoms with Crippen molar-refractivity contribution in [3.05, 3.63) is 53.2 Å². The molecule has 3 N–H and O–H groups in total. The van der Waals surface area contributed by atoms with E-state index in [1.165, 1.54) is 32.9 Å². The molecule has 0 saturated heterocycles. The third kappa shape index (κ3) is 1.51. The van der Waals surface area contributed by atoms with Crippen LogP contribution in [0.5, 0.6) is 0 Å². The zero-order valence-electron chi connectivity index (χ0n) is 12.5. The van der Waals surface area contributed by atoms with Crippen molar-refractivity contribution in [2.45, 2.75) is 20.8 Å². The van der Waals surface area contributed by atoms with Crippen LogP contribution in [0.3, 0.4) is 0 Å². The standard InChI is InChI=1S/C18H17N3/c1-10-8-14-15(9-11(10)2)20-18-13-6-4-5-7-16(13)21(19)12(3)17(14)18/h4-9H,19H2,1-3H3/p+1. The van der Waals surface area contributed by atoms with E-state index in [1.54, 1.807) is 4.68 Å². The van der Waals surface area contributed by atoms with Gasteiger partial charge in [0.25, 0.3) is 0 Å². The minimum atomic E-state index is 1.04. The Bertz CT molecular complexity index is 1030. The highest BCUT2D eigenvalue weighted by Crippen LogP contribution is 2.32. The average Bonchev–Trinajstić information content (AvgIpc) is 2.84. The summed E-state index contributed by atoms with van der Waals surface area (Å²) in [6.07, 6.45) is 0. The van der Waals surface area contributed by atoms with Crippen LogP contribution in [0.2, 0.25) is 0 Å². The Balaban J connectivity index is 2.35. The van der Waals surface area contributed by atoms with Crippen molar-refractivity contribution >= 4 is 32.7 Å². The van der Waals surface area contributed by atoms with E-state index in [0.717, 1.165) is 16.6 Å². The molecule has 3 nitrogen and oxygen atoms in total. The summed E-state index contributed by atoms with van der Waals surface area (Å²) < 4.78 is 1.79. The number of hydrogen-bond donors (Lipinski definition) is 2. The number of aromatic amines is 1. The lowest BCUT2D eigenvalue weighted by atomic mass is 10.0. The van der Waals surface area contributed by atoms with Crippen molar-refractivity contribution in [2.75, 3.05) is 5.84 Å². The summed E-state index contributed by atoms with van der Waals surface area (Å²) in [4.78, 5) is 3.59. The first-order valence-corrected chi connectivity index (χ1v) is 7.19. The van der Waals surface area contributed by atoms with Crippen molar-refractivity contribution in [1.82, 2.24) is 4.98 Å². The third-order valence-corrected chi connectivity index (χ3v) is 4.57. The molecule has 21 heavy (non-hydrogen) atoms. The molecule has 0 unspecified atom stereocenters. The molecular formula is C18H18N3+. The summed E-state index contributed by atoms with van der Waals surface area (Å²) in [5.41, 5.74) is 7.08. The zero-order valence-corrected chi connectivity index (χ0v) is 12.5. The van der Waals surface area contributed by atoms with Crippen LogP contribution in [0, 0.1) is 20.8 Å². The van der Waals surface area contributed by atoms with Gasteiger partial charge in [-0.05, 0) is 43.2 Å². The number of aromatic nitrogens is 2. The molecule has 0 radical (unpaired) electrons. The number of benzene rings is 2. The summed E-state index contributed by atoms with van der Waals surface area (Å²) in [7, 11) is 0. The summed E-state index contributed by atoms with van der Waals surface area (Å²) in [6, 6.07) is 12.7. The summed E-state index contributed by atoms with van der Waals surface area (Å²) in [5, 5.41) is 3.62. The second-order valence-electron chi connectivity index (χ2n) is 5.83. The molecule has 2 aromatic carbocycles. The Morgan fingerprint density at radius 1 is 0.952 bits per heavy atom. The van der Waals surface area contributed by atoms with Crippen LogP contribution in [-0.2, 0) is 0 Å². The predicted octanol–water partition coefficient (Wildman–Crippen LogP) is 3.40. The van der Waals surface area contributed by atoms with Gasteiger partial charge in [-0.25, -0.2) is 5.84 Å². The number of fused-ring (bicyclic) bond motifs is 5. The average molecular weight is 276 g/mol. The molecular weight excluding hydrogens is 258 g/mol. The van der Waals surface area contributed by atoms with Crippen molar-refractivity contribution in [3.8, 4) is 0 Å². The van der Waals surface area contributed by atoms with Crippen LogP contribution < -0.4 is 10.5 Å². The molecule has 0 atom stereocenters. The highest BCUT2D eigenvalue weighted by atomic mass is 15.3. The Kier molecular flexibility index (Phi) is 2.31. The molecule has 2 heterocycles. The largest absolute Gasteiger partial charge is 0.354 e. The second-order valence-corrected chi connectivity index (χ2v) is 5.83. The molecule has 2 aromatic heterocycles. The fraction of sp³-hybridized carbons (Fsp3) is 0.167. The highest BCUT2D eigenvalue weighted by molar-refractivity contribution is 6.16. The van der Waals surface area contributed by atoms with Gasteiger partial charge >= 0.3 is 0 Å². The quantitative estimate of drug-likeness (QED) is 0.375. The van der Waals surface area contributed by atoms with Crippen LogP contribution in [0.15, 0.2) is 36.4 Å². The smallest absolute Gasteiger partial charge is 0.244 e. The molecule has 0 spiro atoms. The lowest BCUT2D eigenvalue weighted by Crippen LogP contribution is -2.47. The number of pyridine rings is 1. The van der Waals surface area contributed by atoms with Gasteiger partial charge in [-0.1, -0.05) is 16.8 Å². The summed E-state index contributed by atoms with van der Waals surface area (Å²) in [5.74, 6) is 6.31. The fourth-order valence-electron chi connectivity index (χ4n) is 3.23. The molecule has 0 bridgehead atoms. The molecule has 104 valence electrons. The minimum Gasteiger partial charge on any atom is -0.354 e. The Morgan fingerprint density at radius 2 is 1.67 bits per heavy atom. The Hall–Kier alpha value is -2.55. The van der Waals surface area contributed by atoms with Crippen molar-refractivity contribution in [1.29, 1.82) is 0 Å². The lowest BCUT2D eigenvalue weighted by Gasteiger charge is -2.02. The number of H-pyrrole nitrogens is 1. The molecule has 0 aliphatic carbocycles. The van der Waals surface area contributed by atoms with Crippen LogP contribution >= 0.6 is 0 Å². The monoisotopic (exact) mass is 276 g/mol. The molecule has 0 fully saturated rings. The van der Waals surface area contributed by atoms with Gasteiger partial charge in [-0.3, -0.25) is 0 Å². The molecule has 0 aliphatic rings. The summed E-state index contributed by atoms with van der Waals surface area (Å²) >= 11 is 0. The van der Waals surface area contributed by atoms with Gasteiger partial charge in [0, 0.05) is 23.9 Å². The fourth-order valence-corrected chi connectivity index (χ4v) is 3.23. The normalized spacial score (nSPS) is 11.8. The van der Waals surface area contributed by atoms with Gasteiger partial charge in [-0.2, -0.15) is 0 Å². The third-order valence-electron chi connectivity index (χ3n) is 4.57. The van der Waals surface area contributed by atoms with Crippen LogP contribution in [0.4, 0.5) is 0 Å². The number of nitrogens with one attached hydrogen (secondary N) is 1. The molecule has 0 aliphatic heterocycles. The number of hydrogen-bond acceptors (Lipinski definition) is 1. The van der Waals surface area contributed by atoms with Crippen molar-refractivity contribution < 1.29 is 4.68 Å². The maximum absolute atomic E-state index is 6.31. The molecule has 4 rings (SSSR count). The van der Waals surface area contributed by atoms with Gasteiger partial charge in [0.2, 0.25) is 11.2 Å². The van der Waals surface area contributed by atoms with E-state index in [9.17, 15) is 0 Å². The maximum atomic E-state index is 6.31. The molecule has 4 aromatic rings. The van der Waals surface area contributed by atoms with E-state index in [1.807, 2.05) is 6.07 Å². The lowest BCUT2D eigenvalue weighted by molar-refractivity contribution is -0.616. The van der Waals surface area contributed by atoms with E-state index in [0.29, 0.717) is 0 Å². The van der Waals surface area contributed by atoms with Crippen LogP contribution in [-0.4, -0.2) is 4.98 Å². The van der Waals surface area contributed by atoms with Crippen molar-refractivity contribution in [3.63, 3.8) is 0 Å². The van der Waals surface area contributed by atoms with E-state index in [2.05, 4.69) is 56.1 Å². The molecule has 3 heteroatoms. The highest BCUT2D eigenvalue weighted by Gasteiger charge is 2.20. The van der Waals surface area contributed by atoms with Crippen molar-refractivity contribution in [2.24, 2.45) is 0 Å². The van der Waals surface area contributed by atoms with Gasteiger partial charge in [-0.15, -0.1) is 0 Å². The first-order chi connectivity index (χ1) is 10.1. The maximum Gasteiger partial charge on any atom is 0.244 e. The first-order valence-electron chi connectivity index (χ1n) is 7.19. The zero-order chi connectivity index (χ0) is 14.7. The number of nitrogen functional groups attached to an aromatic ring is 1. The van der Waals surface area contributed by atoms with Gasteiger partial charge in [0.15, 0.2) is 0 Å². The predicted molar refractivity (Wildman–Crippen MR) is 87.9 cm³/mol. The van der Waals surface area contributed by atoms with Crippen LogP contribution in [0.25, 0.3) is 32.7 Å². The Morgan fingerprint density at radius 3 is 2.48 bits per heavy atom. The topological polar surface area (TPSA) is 45.7 Å². The van der Waals surface area contributed by atoms with E-state index in [-0.39, 0.29) is 0 Å². The van der Waals surface area contributed by atoms with Gasteiger partial charge < -0.3 is 4.98 Å². The van der Waals surface area contributed by atoms with Gasteiger partial charge in [0.05, 0.1) is 16.3 Å². The number of aryl methyl sites for hydroxylation is 3. The van der Waals surface area contributed by atoms with Crippen LogP contribution in [0.1, 0.15) is 16.8 Å². The van der Waals surface area contributed by atoms with E-state index in [4.69, 9.17) is 5.84 Å². The molecule has 0 amide bonds.